The fourth-order valence-electron chi connectivity index (χ4n) is 2.53. The molecule has 3 N–H and O–H groups in total. The summed E-state index contributed by atoms with van der Waals surface area (Å²) in [4.78, 5) is 14.3. The van der Waals surface area contributed by atoms with Gasteiger partial charge < -0.3 is 20.7 Å². The molecule has 1 aliphatic heterocycles. The van der Waals surface area contributed by atoms with Crippen molar-refractivity contribution in [2.45, 2.75) is 51.9 Å². The maximum Gasteiger partial charge on any atom is 0.249 e. The highest BCUT2D eigenvalue weighted by Gasteiger charge is 2.33. The SMILES string of the molecule is CC(NC(=O)[C@@H]1CC[C@H](CN)O1)C(C)(C)CN(C)C.Cl.Cl. The Morgan fingerprint density at radius 2 is 1.95 bits per heavy atom. The predicted molar refractivity (Wildman–Crippen MR) is 91.4 cm³/mol. The molecule has 1 rings (SSSR count). The molecule has 1 aliphatic rings. The van der Waals surface area contributed by atoms with E-state index in [1.807, 2.05) is 14.1 Å². The first-order valence-electron chi connectivity index (χ1n) is 7.07. The van der Waals surface area contributed by atoms with Gasteiger partial charge in [0, 0.05) is 19.1 Å². The molecule has 0 saturated carbocycles. The number of ether oxygens (including phenoxy) is 1. The van der Waals surface area contributed by atoms with Gasteiger partial charge in [-0.15, -0.1) is 24.8 Å². The van der Waals surface area contributed by atoms with Gasteiger partial charge in [-0.1, -0.05) is 13.8 Å². The number of rotatable bonds is 6. The summed E-state index contributed by atoms with van der Waals surface area (Å²) in [6, 6.07) is 0.0999. The highest BCUT2D eigenvalue weighted by Crippen LogP contribution is 2.23. The topological polar surface area (TPSA) is 67.6 Å². The minimum absolute atomic E-state index is 0. The van der Waals surface area contributed by atoms with E-state index in [-0.39, 0.29) is 54.4 Å². The van der Waals surface area contributed by atoms with Gasteiger partial charge in [0.15, 0.2) is 0 Å². The first-order chi connectivity index (χ1) is 8.76. The minimum Gasteiger partial charge on any atom is -0.364 e. The third-order valence-corrected chi connectivity index (χ3v) is 3.92. The molecule has 0 aromatic rings. The summed E-state index contributed by atoms with van der Waals surface area (Å²) in [5.74, 6) is -0.00437. The lowest BCUT2D eigenvalue weighted by Crippen LogP contribution is -2.50. The van der Waals surface area contributed by atoms with Gasteiger partial charge in [0.1, 0.15) is 6.10 Å². The van der Waals surface area contributed by atoms with Crippen LogP contribution < -0.4 is 11.1 Å². The fourth-order valence-corrected chi connectivity index (χ4v) is 2.53. The lowest BCUT2D eigenvalue weighted by Gasteiger charge is -2.35. The molecular weight excluding hydrogens is 313 g/mol. The molecule has 128 valence electrons. The van der Waals surface area contributed by atoms with E-state index >= 15 is 0 Å². The van der Waals surface area contributed by atoms with E-state index in [9.17, 15) is 4.79 Å². The largest absolute Gasteiger partial charge is 0.364 e. The molecule has 3 atom stereocenters. The van der Waals surface area contributed by atoms with Gasteiger partial charge in [-0.2, -0.15) is 0 Å². The van der Waals surface area contributed by atoms with E-state index in [0.29, 0.717) is 6.54 Å². The van der Waals surface area contributed by atoms with Crippen LogP contribution in [0.3, 0.4) is 0 Å². The molecule has 1 amide bonds. The van der Waals surface area contributed by atoms with Crippen molar-refractivity contribution in [2.24, 2.45) is 11.1 Å². The lowest BCUT2D eigenvalue weighted by atomic mass is 9.85. The molecule has 1 saturated heterocycles. The Labute approximate surface area is 141 Å². The molecule has 0 radical (unpaired) electrons. The standard InChI is InChI=1S/C14H29N3O2.2ClH/c1-10(14(2,3)9-17(4)5)16-13(18)12-7-6-11(8-15)19-12;;/h10-12H,6-9,15H2,1-5H3,(H,16,18);2*1H/t10?,11-,12+;;/m1../s1. The highest BCUT2D eigenvalue weighted by atomic mass is 35.5. The van der Waals surface area contributed by atoms with Gasteiger partial charge in [0.25, 0.3) is 0 Å². The van der Waals surface area contributed by atoms with E-state index in [0.717, 1.165) is 19.4 Å². The number of carbonyl (C=O) groups excluding carboxylic acids is 1. The third-order valence-electron chi connectivity index (χ3n) is 3.92. The Hall–Kier alpha value is -0.0700. The van der Waals surface area contributed by atoms with Crippen molar-refractivity contribution >= 4 is 30.7 Å². The quantitative estimate of drug-likeness (QED) is 0.765. The van der Waals surface area contributed by atoms with Crippen LogP contribution in [0.25, 0.3) is 0 Å². The third kappa shape index (κ3) is 7.15. The van der Waals surface area contributed by atoms with Gasteiger partial charge in [0.2, 0.25) is 5.91 Å². The number of nitrogens with zero attached hydrogens (tertiary/aromatic N) is 1. The molecule has 21 heavy (non-hydrogen) atoms. The molecule has 0 aliphatic carbocycles. The van der Waals surface area contributed by atoms with Crippen LogP contribution in [0.1, 0.15) is 33.6 Å². The first kappa shape index (κ1) is 23.2. The molecule has 1 heterocycles. The molecule has 0 aromatic carbocycles. The monoisotopic (exact) mass is 343 g/mol. The van der Waals surface area contributed by atoms with Crippen LogP contribution in [-0.4, -0.2) is 56.2 Å². The minimum atomic E-state index is -0.328. The average Bonchev–Trinajstić information content (AvgIpc) is 2.75. The van der Waals surface area contributed by atoms with Crippen LogP contribution in [-0.2, 0) is 9.53 Å². The number of amides is 1. The van der Waals surface area contributed by atoms with Crippen molar-refractivity contribution in [3.63, 3.8) is 0 Å². The maximum atomic E-state index is 12.2. The summed E-state index contributed by atoms with van der Waals surface area (Å²) in [5, 5.41) is 3.08. The molecule has 0 bridgehead atoms. The predicted octanol–water partition coefficient (Wildman–Crippen LogP) is 1.43. The Bertz CT molecular complexity index is 315. The average molecular weight is 344 g/mol. The zero-order valence-corrected chi connectivity index (χ0v) is 15.4. The summed E-state index contributed by atoms with van der Waals surface area (Å²) in [6.45, 7) is 7.79. The summed E-state index contributed by atoms with van der Waals surface area (Å²) in [5.41, 5.74) is 5.58. The van der Waals surface area contributed by atoms with E-state index in [1.54, 1.807) is 0 Å². The molecule has 1 fully saturated rings. The van der Waals surface area contributed by atoms with Crippen molar-refractivity contribution in [3.05, 3.63) is 0 Å². The number of halogens is 2. The fraction of sp³-hybridized carbons (Fsp3) is 0.929. The van der Waals surface area contributed by atoms with Crippen LogP contribution in [0.2, 0.25) is 0 Å². The summed E-state index contributed by atoms with van der Waals surface area (Å²) < 4.78 is 5.62. The summed E-state index contributed by atoms with van der Waals surface area (Å²) >= 11 is 0. The number of hydrogen-bond donors (Lipinski definition) is 2. The zero-order chi connectivity index (χ0) is 14.6. The molecular formula is C14H31Cl2N3O2. The first-order valence-corrected chi connectivity index (χ1v) is 7.07. The van der Waals surface area contributed by atoms with Crippen molar-refractivity contribution in [2.75, 3.05) is 27.2 Å². The highest BCUT2D eigenvalue weighted by molar-refractivity contribution is 5.85. The number of nitrogens with one attached hydrogen (secondary N) is 1. The van der Waals surface area contributed by atoms with Gasteiger partial charge in [-0.25, -0.2) is 0 Å². The van der Waals surface area contributed by atoms with E-state index in [1.165, 1.54) is 0 Å². The van der Waals surface area contributed by atoms with Crippen LogP contribution in [0, 0.1) is 5.41 Å². The van der Waals surface area contributed by atoms with E-state index in [2.05, 4.69) is 31.0 Å². The lowest BCUT2D eigenvalue weighted by molar-refractivity contribution is -0.133. The van der Waals surface area contributed by atoms with Crippen molar-refractivity contribution < 1.29 is 9.53 Å². The Balaban J connectivity index is 0. The summed E-state index contributed by atoms with van der Waals surface area (Å²) in [6.07, 6.45) is 1.37. The maximum absolute atomic E-state index is 12.2. The molecule has 1 unspecified atom stereocenters. The van der Waals surface area contributed by atoms with Gasteiger partial charge in [0.05, 0.1) is 6.10 Å². The second-order valence-corrected chi connectivity index (χ2v) is 6.52. The summed E-state index contributed by atoms with van der Waals surface area (Å²) in [7, 11) is 4.09. The number of nitrogens with two attached hydrogens (primary N) is 1. The van der Waals surface area contributed by atoms with Crippen molar-refractivity contribution in [1.29, 1.82) is 0 Å². The van der Waals surface area contributed by atoms with Gasteiger partial charge in [-0.05, 0) is 39.3 Å². The smallest absolute Gasteiger partial charge is 0.249 e. The second-order valence-electron chi connectivity index (χ2n) is 6.52. The normalized spacial score (nSPS) is 23.2. The molecule has 7 heteroatoms. The van der Waals surface area contributed by atoms with E-state index < -0.39 is 0 Å². The second kappa shape index (κ2) is 9.85. The Kier molecular flexibility index (Phi) is 10.9. The molecule has 0 spiro atoms. The van der Waals surface area contributed by atoms with Crippen LogP contribution in [0.15, 0.2) is 0 Å². The van der Waals surface area contributed by atoms with Crippen molar-refractivity contribution in [1.82, 2.24) is 10.2 Å². The number of hydrogen-bond acceptors (Lipinski definition) is 4. The van der Waals surface area contributed by atoms with Crippen LogP contribution >= 0.6 is 24.8 Å². The van der Waals surface area contributed by atoms with Crippen molar-refractivity contribution in [3.8, 4) is 0 Å². The van der Waals surface area contributed by atoms with E-state index in [4.69, 9.17) is 10.5 Å². The Morgan fingerprint density at radius 1 is 1.38 bits per heavy atom. The zero-order valence-electron chi connectivity index (χ0n) is 13.7. The van der Waals surface area contributed by atoms with Crippen LogP contribution in [0.5, 0.6) is 0 Å². The molecule has 0 aromatic heterocycles. The van der Waals surface area contributed by atoms with Gasteiger partial charge >= 0.3 is 0 Å². The Morgan fingerprint density at radius 3 is 2.38 bits per heavy atom. The molecule has 5 nitrogen and oxygen atoms in total. The van der Waals surface area contributed by atoms with Gasteiger partial charge in [-0.3, -0.25) is 4.79 Å². The number of carbonyl (C=O) groups is 1. The van der Waals surface area contributed by atoms with Crippen LogP contribution in [0.4, 0.5) is 0 Å².